The molecule has 5 atom stereocenters. The number of alkyl carbamates (subject to hydrolysis) is 1. The Bertz CT molecular complexity index is 1300. The fourth-order valence-corrected chi connectivity index (χ4v) is 5.71. The van der Waals surface area contributed by atoms with Crippen LogP contribution in [-0.4, -0.2) is 91.7 Å². The number of nitrogens with two attached hydrogens (primary N) is 1. The summed E-state index contributed by atoms with van der Waals surface area (Å²) in [6, 6.07) is -1.98. The summed E-state index contributed by atoms with van der Waals surface area (Å²) < 4.78 is 11.1. The van der Waals surface area contributed by atoms with Crippen molar-refractivity contribution in [3.8, 4) is 0 Å². The molecule has 1 aliphatic carbocycles. The van der Waals surface area contributed by atoms with Crippen molar-refractivity contribution in [3.63, 3.8) is 0 Å². The molecule has 45 heavy (non-hydrogen) atoms. The first kappa shape index (κ1) is 33.7. The molecule has 0 bridgehead atoms. The molecule has 2 fully saturated rings. The topological polar surface area (TPSA) is 194 Å². The van der Waals surface area contributed by atoms with Crippen molar-refractivity contribution in [1.29, 1.82) is 0 Å². The number of aromatic nitrogens is 2. The van der Waals surface area contributed by atoms with Gasteiger partial charge < -0.3 is 35.4 Å². The Morgan fingerprint density at radius 3 is 2.64 bits per heavy atom. The first-order valence-corrected chi connectivity index (χ1v) is 15.5. The molecule has 0 radical (unpaired) electrons. The summed E-state index contributed by atoms with van der Waals surface area (Å²) >= 11 is 0. The molecule has 0 spiro atoms. The number of amides is 4. The number of carbonyl (C=O) groups excluding carboxylic acids is 4. The molecule has 1 aromatic heterocycles. The van der Waals surface area contributed by atoms with Crippen LogP contribution in [0, 0.1) is 11.8 Å². The summed E-state index contributed by atoms with van der Waals surface area (Å²) in [5, 5.41) is 11.7. The first-order valence-electron chi connectivity index (χ1n) is 15.5. The molecular weight excluding hydrogens is 584 g/mol. The van der Waals surface area contributed by atoms with Crippen molar-refractivity contribution in [2.45, 2.75) is 102 Å². The van der Waals surface area contributed by atoms with Crippen LogP contribution in [0.4, 0.5) is 9.59 Å². The van der Waals surface area contributed by atoms with Crippen LogP contribution in [-0.2, 0) is 36.8 Å². The predicted octanol–water partition coefficient (Wildman–Crippen LogP) is 2.55. The van der Waals surface area contributed by atoms with Gasteiger partial charge in [-0.3, -0.25) is 14.4 Å². The summed E-state index contributed by atoms with van der Waals surface area (Å²) in [4.78, 5) is 73.9. The van der Waals surface area contributed by atoms with Gasteiger partial charge in [0.1, 0.15) is 30.1 Å². The molecule has 246 valence electrons. The van der Waals surface area contributed by atoms with Crippen molar-refractivity contribution in [1.82, 2.24) is 25.1 Å². The van der Waals surface area contributed by atoms with Gasteiger partial charge in [0, 0.05) is 31.1 Å². The molecule has 0 unspecified atom stereocenters. The number of nitrogens with zero attached hydrogens (tertiary/aromatic N) is 4. The van der Waals surface area contributed by atoms with E-state index in [0.29, 0.717) is 38.8 Å². The number of ether oxygens (including phenoxy) is 2. The van der Waals surface area contributed by atoms with Crippen molar-refractivity contribution >= 4 is 30.0 Å². The lowest BCUT2D eigenvalue weighted by Gasteiger charge is -2.29. The highest BCUT2D eigenvalue weighted by molar-refractivity contribution is 5.91. The van der Waals surface area contributed by atoms with E-state index in [9.17, 15) is 24.0 Å². The van der Waals surface area contributed by atoms with Crippen LogP contribution < -0.4 is 11.1 Å². The van der Waals surface area contributed by atoms with Crippen LogP contribution in [0.3, 0.4) is 0 Å². The zero-order valence-electron chi connectivity index (χ0n) is 26.1. The van der Waals surface area contributed by atoms with E-state index in [4.69, 9.17) is 20.3 Å². The minimum atomic E-state index is -1.00. The molecule has 4 N–H and O–H groups in total. The lowest BCUT2D eigenvalue weighted by atomic mass is 10.0. The van der Waals surface area contributed by atoms with Crippen LogP contribution in [0.25, 0.3) is 0 Å². The number of carboxylic acids is 1. The molecule has 4 rings (SSSR count). The van der Waals surface area contributed by atoms with Gasteiger partial charge in [0.15, 0.2) is 0 Å². The number of nitrogens with one attached hydrogen (secondary N) is 1. The van der Waals surface area contributed by atoms with Gasteiger partial charge in [-0.2, -0.15) is 0 Å². The Morgan fingerprint density at radius 1 is 1.18 bits per heavy atom. The van der Waals surface area contributed by atoms with Gasteiger partial charge in [-0.1, -0.05) is 25.0 Å². The highest BCUT2D eigenvalue weighted by Crippen LogP contribution is 2.39. The van der Waals surface area contributed by atoms with Gasteiger partial charge in [0.05, 0.1) is 24.7 Å². The van der Waals surface area contributed by atoms with E-state index in [1.54, 1.807) is 27.0 Å². The highest BCUT2D eigenvalue weighted by atomic mass is 16.6. The average Bonchev–Trinajstić information content (AvgIpc) is 3.64. The Labute approximate surface area is 262 Å². The molecular formula is C31H44N6O8. The van der Waals surface area contributed by atoms with E-state index >= 15 is 0 Å². The zero-order chi connectivity index (χ0) is 32.7. The SMILES string of the molecule is CC(C)(C)OC(=O)N[C@@H](CCCCC/C=C\[C@@H]1C[C@@H]1C(=O)O)C(=O)N1C[C@H](OC(=O)N2CCc3ncncc3C2)C[C@H]1C(N)=O. The van der Waals surface area contributed by atoms with E-state index in [0.717, 1.165) is 30.5 Å². The number of likely N-dealkylation sites (tertiary alicyclic amines) is 1. The number of hydrogen-bond donors (Lipinski definition) is 3. The molecule has 1 saturated heterocycles. The highest BCUT2D eigenvalue weighted by Gasteiger charge is 2.43. The van der Waals surface area contributed by atoms with Crippen LogP contribution in [0.15, 0.2) is 24.7 Å². The summed E-state index contributed by atoms with van der Waals surface area (Å²) in [7, 11) is 0. The number of fused-ring (bicyclic) bond motifs is 1. The second kappa shape index (κ2) is 14.7. The third-order valence-electron chi connectivity index (χ3n) is 8.15. The second-order valence-corrected chi connectivity index (χ2v) is 12.9. The molecule has 1 saturated carbocycles. The van der Waals surface area contributed by atoms with E-state index in [1.165, 1.54) is 16.1 Å². The van der Waals surface area contributed by atoms with Crippen LogP contribution in [0.1, 0.15) is 77.0 Å². The van der Waals surface area contributed by atoms with E-state index in [2.05, 4.69) is 15.3 Å². The van der Waals surface area contributed by atoms with Gasteiger partial charge in [-0.25, -0.2) is 19.6 Å². The first-order chi connectivity index (χ1) is 21.3. The van der Waals surface area contributed by atoms with E-state index < -0.39 is 53.8 Å². The maximum absolute atomic E-state index is 13.8. The number of unbranched alkanes of at least 4 members (excludes halogenated alkanes) is 3. The van der Waals surface area contributed by atoms with E-state index in [1.807, 2.05) is 12.2 Å². The quantitative estimate of drug-likeness (QED) is 0.229. The minimum absolute atomic E-state index is 0.0402. The van der Waals surface area contributed by atoms with Crippen molar-refractivity contribution < 1.29 is 38.6 Å². The third-order valence-corrected chi connectivity index (χ3v) is 8.15. The van der Waals surface area contributed by atoms with Gasteiger partial charge >= 0.3 is 18.2 Å². The average molecular weight is 629 g/mol. The van der Waals surface area contributed by atoms with Crippen LogP contribution >= 0.6 is 0 Å². The van der Waals surface area contributed by atoms with Gasteiger partial charge in [-0.05, 0) is 52.4 Å². The summed E-state index contributed by atoms with van der Waals surface area (Å²) in [6.07, 6.45) is 9.57. The number of carboxylic acid groups (broad SMARTS) is 1. The number of allylic oxidation sites excluding steroid dienone is 2. The predicted molar refractivity (Wildman–Crippen MR) is 160 cm³/mol. The summed E-state index contributed by atoms with van der Waals surface area (Å²) in [6.45, 7) is 5.82. The Kier molecular flexibility index (Phi) is 11.0. The number of rotatable bonds is 12. The third kappa shape index (κ3) is 9.63. The molecule has 1 aromatic rings. The molecule has 3 heterocycles. The number of carbonyl (C=O) groups is 5. The smallest absolute Gasteiger partial charge is 0.410 e. The molecule has 0 aromatic carbocycles. The second-order valence-electron chi connectivity index (χ2n) is 12.9. The van der Waals surface area contributed by atoms with Gasteiger partial charge in [0.25, 0.3) is 0 Å². The lowest BCUT2D eigenvalue weighted by Crippen LogP contribution is -2.53. The lowest BCUT2D eigenvalue weighted by molar-refractivity contribution is -0.139. The molecule has 3 aliphatic rings. The molecule has 4 amide bonds. The minimum Gasteiger partial charge on any atom is -0.481 e. The Hall–Kier alpha value is -4.23. The number of primary amides is 1. The molecule has 14 nitrogen and oxygen atoms in total. The van der Waals surface area contributed by atoms with Gasteiger partial charge in [-0.15, -0.1) is 0 Å². The maximum Gasteiger partial charge on any atom is 0.410 e. The monoisotopic (exact) mass is 628 g/mol. The zero-order valence-corrected chi connectivity index (χ0v) is 26.1. The van der Waals surface area contributed by atoms with Gasteiger partial charge in [0.2, 0.25) is 11.8 Å². The molecule has 14 heteroatoms. The van der Waals surface area contributed by atoms with Crippen LogP contribution in [0.2, 0.25) is 0 Å². The standard InChI is InChI=1S/C31H44N6O8/c1-31(2,3)45-29(42)35-24(10-8-6-4-5-7-9-19-13-22(19)28(40)41)27(39)37-17-21(14-25(37)26(32)38)44-30(43)36-12-11-23-20(16-36)15-33-18-34-23/h7,9,15,18-19,21-22,24-25H,4-6,8,10-14,16-17H2,1-3H3,(H2,32,38)(H,35,42)(H,40,41)/b9-7-/t19-,21-,22+,24+,25+/m1/s1. The van der Waals surface area contributed by atoms with Crippen molar-refractivity contribution in [2.75, 3.05) is 13.1 Å². The largest absolute Gasteiger partial charge is 0.481 e. The summed E-state index contributed by atoms with van der Waals surface area (Å²) in [5.74, 6) is -2.16. The normalized spacial score (nSPS) is 23.3. The summed E-state index contributed by atoms with van der Waals surface area (Å²) in [5.41, 5.74) is 6.60. The van der Waals surface area contributed by atoms with Crippen molar-refractivity contribution in [2.24, 2.45) is 17.6 Å². The number of hydrogen-bond acceptors (Lipinski definition) is 9. The van der Waals surface area contributed by atoms with Crippen LogP contribution in [0.5, 0.6) is 0 Å². The fraction of sp³-hybridized carbons (Fsp3) is 0.645. The number of aliphatic carboxylic acids is 1. The fourth-order valence-electron chi connectivity index (χ4n) is 5.71. The molecule has 2 aliphatic heterocycles. The Morgan fingerprint density at radius 2 is 1.96 bits per heavy atom. The maximum atomic E-state index is 13.8. The van der Waals surface area contributed by atoms with E-state index in [-0.39, 0.29) is 24.8 Å². The van der Waals surface area contributed by atoms with Crippen molar-refractivity contribution in [3.05, 3.63) is 35.9 Å². The Balaban J connectivity index is 1.33.